The predicted octanol–water partition coefficient (Wildman–Crippen LogP) is 1.62. The van der Waals surface area contributed by atoms with Crippen molar-refractivity contribution in [2.24, 2.45) is 0 Å². The van der Waals surface area contributed by atoms with Gasteiger partial charge >= 0.3 is 6.03 Å². The van der Waals surface area contributed by atoms with Crippen LogP contribution in [0.5, 0.6) is 0 Å². The third-order valence-corrected chi connectivity index (χ3v) is 3.18. The largest absolute Gasteiger partial charge is 0.384 e. The Balaban J connectivity index is 2.47. The molecule has 0 aliphatic heterocycles. The molecule has 112 valence electrons. The van der Waals surface area contributed by atoms with Crippen molar-refractivity contribution in [1.29, 1.82) is 0 Å². The van der Waals surface area contributed by atoms with Crippen LogP contribution in [0.25, 0.3) is 0 Å². The maximum atomic E-state index is 11.8. The molecule has 0 saturated carbocycles. The molecule has 0 aromatic heterocycles. The lowest BCUT2D eigenvalue weighted by atomic mass is 9.96. The van der Waals surface area contributed by atoms with E-state index in [0.717, 1.165) is 12.0 Å². The highest BCUT2D eigenvalue weighted by atomic mass is 16.5. The number of hydrogen-bond donors (Lipinski definition) is 3. The number of methoxy groups -OCH3 is 1. The maximum Gasteiger partial charge on any atom is 0.315 e. The molecule has 5 nitrogen and oxygen atoms in total. The molecule has 1 rings (SSSR count). The van der Waals surface area contributed by atoms with Crippen LogP contribution in [0, 0.1) is 0 Å². The van der Waals surface area contributed by atoms with E-state index in [4.69, 9.17) is 4.74 Å². The predicted molar refractivity (Wildman–Crippen MR) is 78.5 cm³/mol. The number of rotatable bonds is 7. The van der Waals surface area contributed by atoms with E-state index in [1.165, 1.54) is 0 Å². The lowest BCUT2D eigenvalue weighted by Gasteiger charge is -2.25. The minimum Gasteiger partial charge on any atom is -0.384 e. The van der Waals surface area contributed by atoms with Crippen molar-refractivity contribution in [1.82, 2.24) is 10.6 Å². The zero-order valence-electron chi connectivity index (χ0n) is 12.3. The number of nitrogens with one attached hydrogen (secondary N) is 2. The Morgan fingerprint density at radius 3 is 2.60 bits per heavy atom. The van der Waals surface area contributed by atoms with Gasteiger partial charge in [0.2, 0.25) is 0 Å². The van der Waals surface area contributed by atoms with Crippen molar-refractivity contribution >= 4 is 6.03 Å². The molecule has 0 aliphatic carbocycles. The van der Waals surface area contributed by atoms with E-state index in [9.17, 15) is 9.90 Å². The molecule has 2 atom stereocenters. The molecule has 1 aromatic carbocycles. The zero-order valence-corrected chi connectivity index (χ0v) is 12.3. The van der Waals surface area contributed by atoms with Crippen LogP contribution in [0.15, 0.2) is 30.3 Å². The van der Waals surface area contributed by atoms with Crippen molar-refractivity contribution in [2.75, 3.05) is 20.3 Å². The van der Waals surface area contributed by atoms with E-state index in [2.05, 4.69) is 10.6 Å². The number of carbonyl (C=O) groups excluding carboxylic acids is 1. The van der Waals surface area contributed by atoms with Crippen molar-refractivity contribution in [3.05, 3.63) is 35.9 Å². The number of aliphatic hydroxyl groups is 1. The molecule has 0 heterocycles. The molecule has 0 bridgehead atoms. The molecule has 0 spiro atoms. The van der Waals surface area contributed by atoms with Gasteiger partial charge in [-0.05, 0) is 18.9 Å². The molecule has 5 heteroatoms. The minimum absolute atomic E-state index is 0.0262. The van der Waals surface area contributed by atoms with Crippen LogP contribution in [0.4, 0.5) is 4.79 Å². The lowest BCUT2D eigenvalue weighted by molar-refractivity contribution is 0.0590. The summed E-state index contributed by atoms with van der Waals surface area (Å²) in [5, 5.41) is 15.9. The molecule has 0 saturated heterocycles. The molecular weight excluding hydrogens is 256 g/mol. The first-order valence-corrected chi connectivity index (χ1v) is 6.80. The van der Waals surface area contributed by atoms with E-state index >= 15 is 0 Å². The summed E-state index contributed by atoms with van der Waals surface area (Å²) in [6.45, 7) is 4.27. The van der Waals surface area contributed by atoms with Crippen molar-refractivity contribution in [2.45, 2.75) is 31.9 Å². The summed E-state index contributed by atoms with van der Waals surface area (Å²) < 4.78 is 5.02. The molecule has 0 fully saturated rings. The van der Waals surface area contributed by atoms with Crippen molar-refractivity contribution in [3.8, 4) is 0 Å². The first-order valence-electron chi connectivity index (χ1n) is 6.80. The first kappa shape index (κ1) is 16.5. The summed E-state index contributed by atoms with van der Waals surface area (Å²) in [7, 11) is 1.60. The summed E-state index contributed by atoms with van der Waals surface area (Å²) >= 11 is 0. The summed E-state index contributed by atoms with van der Waals surface area (Å²) in [4.78, 5) is 11.8. The van der Waals surface area contributed by atoms with Crippen LogP contribution in [-0.4, -0.2) is 37.4 Å². The van der Waals surface area contributed by atoms with Crippen LogP contribution in [-0.2, 0) is 10.3 Å². The highest BCUT2D eigenvalue weighted by Gasteiger charge is 2.23. The summed E-state index contributed by atoms with van der Waals surface area (Å²) in [5.74, 6) is 0. The SMILES string of the molecule is CCC(COC)NC(=O)NCC(C)(O)c1ccccc1. The lowest BCUT2D eigenvalue weighted by Crippen LogP contribution is -2.47. The van der Waals surface area contributed by atoms with E-state index in [0.29, 0.717) is 6.61 Å². The fraction of sp³-hybridized carbons (Fsp3) is 0.533. The first-order chi connectivity index (χ1) is 9.49. The van der Waals surface area contributed by atoms with Gasteiger partial charge in [0, 0.05) is 7.11 Å². The Bertz CT molecular complexity index is 407. The fourth-order valence-electron chi connectivity index (χ4n) is 1.85. The minimum atomic E-state index is -1.10. The van der Waals surface area contributed by atoms with E-state index in [1.807, 2.05) is 37.3 Å². The van der Waals surface area contributed by atoms with Crippen LogP contribution >= 0.6 is 0 Å². The molecule has 1 aromatic rings. The second-order valence-electron chi connectivity index (χ2n) is 5.03. The Morgan fingerprint density at radius 2 is 2.05 bits per heavy atom. The van der Waals surface area contributed by atoms with Crippen LogP contribution in [0.3, 0.4) is 0 Å². The van der Waals surface area contributed by atoms with E-state index in [1.54, 1.807) is 14.0 Å². The third-order valence-electron chi connectivity index (χ3n) is 3.18. The number of hydrogen-bond acceptors (Lipinski definition) is 3. The quantitative estimate of drug-likeness (QED) is 0.711. The number of ether oxygens (including phenoxy) is 1. The van der Waals surface area contributed by atoms with Gasteiger partial charge < -0.3 is 20.5 Å². The fourth-order valence-corrected chi connectivity index (χ4v) is 1.85. The Hall–Kier alpha value is -1.59. The Labute approximate surface area is 120 Å². The number of urea groups is 1. The van der Waals surface area contributed by atoms with Gasteiger partial charge in [0.1, 0.15) is 5.60 Å². The standard InChI is InChI=1S/C15H24N2O3/c1-4-13(10-20-3)17-14(18)16-11-15(2,19)12-8-6-5-7-9-12/h5-9,13,19H,4,10-11H2,1-3H3,(H2,16,17,18). The van der Waals surface area contributed by atoms with Crippen molar-refractivity contribution < 1.29 is 14.6 Å². The van der Waals surface area contributed by atoms with Crippen LogP contribution in [0.1, 0.15) is 25.8 Å². The van der Waals surface area contributed by atoms with Gasteiger partial charge in [0.25, 0.3) is 0 Å². The van der Waals surface area contributed by atoms with Gasteiger partial charge in [-0.2, -0.15) is 0 Å². The molecule has 0 aliphatic rings. The highest BCUT2D eigenvalue weighted by Crippen LogP contribution is 2.18. The normalized spacial score (nSPS) is 15.2. The Kier molecular flexibility index (Phi) is 6.48. The van der Waals surface area contributed by atoms with E-state index in [-0.39, 0.29) is 18.6 Å². The molecule has 20 heavy (non-hydrogen) atoms. The highest BCUT2D eigenvalue weighted by molar-refractivity contribution is 5.74. The second kappa shape index (κ2) is 7.87. The molecule has 2 amide bonds. The third kappa shape index (κ3) is 5.19. The van der Waals surface area contributed by atoms with Gasteiger partial charge in [0.15, 0.2) is 0 Å². The summed E-state index contributed by atoms with van der Waals surface area (Å²) in [6.07, 6.45) is 0.788. The van der Waals surface area contributed by atoms with Gasteiger partial charge in [-0.25, -0.2) is 4.79 Å². The average Bonchev–Trinajstić information content (AvgIpc) is 2.46. The summed E-state index contributed by atoms with van der Waals surface area (Å²) in [5.41, 5.74) is -0.328. The van der Waals surface area contributed by atoms with Crippen molar-refractivity contribution in [3.63, 3.8) is 0 Å². The maximum absolute atomic E-state index is 11.8. The van der Waals surface area contributed by atoms with Gasteiger partial charge in [-0.3, -0.25) is 0 Å². The number of benzene rings is 1. The molecule has 2 unspecified atom stereocenters. The second-order valence-corrected chi connectivity index (χ2v) is 5.03. The van der Waals surface area contributed by atoms with E-state index < -0.39 is 5.60 Å². The van der Waals surface area contributed by atoms with Gasteiger partial charge in [0.05, 0.1) is 19.2 Å². The van der Waals surface area contributed by atoms with Gasteiger partial charge in [-0.15, -0.1) is 0 Å². The molecule has 0 radical (unpaired) electrons. The zero-order chi connectivity index (χ0) is 15.0. The number of carbonyl (C=O) groups is 1. The van der Waals surface area contributed by atoms with Crippen LogP contribution in [0.2, 0.25) is 0 Å². The molecular formula is C15H24N2O3. The average molecular weight is 280 g/mol. The Morgan fingerprint density at radius 1 is 1.40 bits per heavy atom. The number of amides is 2. The van der Waals surface area contributed by atoms with Crippen LogP contribution < -0.4 is 10.6 Å². The smallest absolute Gasteiger partial charge is 0.315 e. The summed E-state index contributed by atoms with van der Waals surface area (Å²) in [6, 6.07) is 8.94. The van der Waals surface area contributed by atoms with Gasteiger partial charge in [-0.1, -0.05) is 37.3 Å². The monoisotopic (exact) mass is 280 g/mol. The topological polar surface area (TPSA) is 70.6 Å². The molecule has 3 N–H and O–H groups in total.